The normalized spacial score (nSPS) is 15.7. The number of amides is 1. The molecule has 1 amide bonds. The fraction of sp³-hybridized carbons (Fsp3) is 0.500. The van der Waals surface area contributed by atoms with Crippen LogP contribution < -0.4 is 5.32 Å². The van der Waals surface area contributed by atoms with Gasteiger partial charge in [0.05, 0.1) is 18.2 Å². The average molecular weight is 274 g/mol. The van der Waals surface area contributed by atoms with E-state index in [4.69, 9.17) is 4.84 Å². The summed E-state index contributed by atoms with van der Waals surface area (Å²) in [7, 11) is 0. The molecular formula is C16H22N2O2. The molecule has 0 saturated heterocycles. The Kier molecular flexibility index (Phi) is 5.16. The summed E-state index contributed by atoms with van der Waals surface area (Å²) in [5.41, 5.74) is 1.98. The van der Waals surface area contributed by atoms with Crippen LogP contribution in [0.3, 0.4) is 0 Å². The molecule has 108 valence electrons. The lowest BCUT2D eigenvalue weighted by Gasteiger charge is -2.19. The highest BCUT2D eigenvalue weighted by atomic mass is 16.6. The molecule has 1 aromatic rings. The first-order valence-corrected chi connectivity index (χ1v) is 7.17. The molecule has 0 unspecified atom stereocenters. The molecule has 1 aliphatic rings. The second kappa shape index (κ2) is 7.08. The first-order valence-electron chi connectivity index (χ1n) is 7.17. The molecule has 4 nitrogen and oxygen atoms in total. The van der Waals surface area contributed by atoms with Gasteiger partial charge >= 0.3 is 0 Å². The first-order chi connectivity index (χ1) is 9.65. The molecule has 1 N–H and O–H groups in total. The van der Waals surface area contributed by atoms with Gasteiger partial charge in [-0.25, -0.2) is 0 Å². The minimum absolute atomic E-state index is 0.00582. The Morgan fingerprint density at radius 2 is 2.10 bits per heavy atom. The van der Waals surface area contributed by atoms with Gasteiger partial charge in [0.1, 0.15) is 6.61 Å². The highest BCUT2D eigenvalue weighted by Gasteiger charge is 2.23. The zero-order valence-corrected chi connectivity index (χ0v) is 12.1. The van der Waals surface area contributed by atoms with Crippen molar-refractivity contribution < 1.29 is 9.63 Å². The van der Waals surface area contributed by atoms with Gasteiger partial charge < -0.3 is 10.2 Å². The van der Waals surface area contributed by atoms with Crippen LogP contribution in [0.15, 0.2) is 35.5 Å². The van der Waals surface area contributed by atoms with Crippen molar-refractivity contribution in [2.24, 2.45) is 11.1 Å². The van der Waals surface area contributed by atoms with E-state index in [1.165, 1.54) is 0 Å². The Balaban J connectivity index is 1.94. The van der Waals surface area contributed by atoms with Crippen LogP contribution in [0.2, 0.25) is 0 Å². The number of hydrogen-bond donors (Lipinski definition) is 1. The molecule has 0 radical (unpaired) electrons. The van der Waals surface area contributed by atoms with Crippen molar-refractivity contribution in [3.63, 3.8) is 0 Å². The van der Waals surface area contributed by atoms with Gasteiger partial charge in [-0.05, 0) is 17.9 Å². The Bertz CT molecular complexity index is 469. The monoisotopic (exact) mass is 274 g/mol. The van der Waals surface area contributed by atoms with Gasteiger partial charge in [0.2, 0.25) is 5.91 Å². The molecule has 20 heavy (non-hydrogen) atoms. The Labute approximate surface area is 120 Å². The van der Waals surface area contributed by atoms with E-state index >= 15 is 0 Å². The number of hydrogen-bond acceptors (Lipinski definition) is 3. The number of carbonyl (C=O) groups excluding carboxylic acids is 1. The molecule has 0 aromatic heterocycles. The van der Waals surface area contributed by atoms with Crippen LogP contribution >= 0.6 is 0 Å². The summed E-state index contributed by atoms with van der Waals surface area (Å²) in [5, 5.41) is 7.14. The van der Waals surface area contributed by atoms with Gasteiger partial charge in [0.25, 0.3) is 0 Å². The van der Waals surface area contributed by atoms with Crippen molar-refractivity contribution in [1.82, 2.24) is 5.32 Å². The molecule has 0 saturated carbocycles. The van der Waals surface area contributed by atoms with Gasteiger partial charge in [0.15, 0.2) is 0 Å². The third-order valence-corrected chi connectivity index (χ3v) is 3.28. The number of nitrogens with zero attached hydrogens (tertiary/aromatic N) is 1. The van der Waals surface area contributed by atoms with E-state index in [9.17, 15) is 4.79 Å². The second-order valence-electron chi connectivity index (χ2n) is 5.58. The average Bonchev–Trinajstić information content (AvgIpc) is 2.92. The minimum atomic E-state index is -0.00582. The quantitative estimate of drug-likeness (QED) is 0.866. The van der Waals surface area contributed by atoms with Crippen LogP contribution in [0.25, 0.3) is 0 Å². The van der Waals surface area contributed by atoms with E-state index in [0.29, 0.717) is 18.9 Å². The van der Waals surface area contributed by atoms with Crippen LogP contribution in [0.5, 0.6) is 0 Å². The summed E-state index contributed by atoms with van der Waals surface area (Å²) in [6.07, 6.45) is 2.11. The van der Waals surface area contributed by atoms with Crippen LogP contribution in [0, 0.1) is 5.92 Å². The van der Waals surface area contributed by atoms with Gasteiger partial charge in [-0.2, -0.15) is 0 Å². The van der Waals surface area contributed by atoms with E-state index < -0.39 is 0 Å². The van der Waals surface area contributed by atoms with Crippen LogP contribution in [0.4, 0.5) is 0 Å². The number of rotatable bonds is 6. The second-order valence-corrected chi connectivity index (χ2v) is 5.58. The first kappa shape index (κ1) is 14.6. The molecule has 2 rings (SSSR count). The van der Waals surface area contributed by atoms with Crippen LogP contribution in [-0.4, -0.2) is 24.3 Å². The summed E-state index contributed by atoms with van der Waals surface area (Å²) >= 11 is 0. The molecule has 0 aliphatic carbocycles. The summed E-state index contributed by atoms with van der Waals surface area (Å²) in [6, 6.07) is 9.77. The predicted octanol–water partition coefficient (Wildman–Crippen LogP) is 2.54. The maximum absolute atomic E-state index is 12.2. The molecule has 4 heteroatoms. The highest BCUT2D eigenvalue weighted by Crippen LogP contribution is 2.13. The lowest BCUT2D eigenvalue weighted by molar-refractivity contribution is -0.120. The summed E-state index contributed by atoms with van der Waals surface area (Å²) in [4.78, 5) is 17.2. The molecule has 0 bridgehead atoms. The van der Waals surface area contributed by atoms with E-state index in [1.54, 1.807) is 0 Å². The lowest BCUT2D eigenvalue weighted by Crippen LogP contribution is -2.42. The molecular weight excluding hydrogens is 252 g/mol. The maximum atomic E-state index is 12.2. The predicted molar refractivity (Wildman–Crippen MR) is 79.5 cm³/mol. The SMILES string of the molecule is CC(C)C[C@H](NC(=O)Cc1ccccc1)C1=NOCC1. The largest absolute Gasteiger partial charge is 0.395 e. The van der Waals surface area contributed by atoms with E-state index in [1.807, 2.05) is 30.3 Å². The Morgan fingerprint density at radius 3 is 2.70 bits per heavy atom. The third-order valence-electron chi connectivity index (χ3n) is 3.28. The molecule has 1 aliphatic heterocycles. The highest BCUT2D eigenvalue weighted by molar-refractivity contribution is 5.93. The third kappa shape index (κ3) is 4.37. The van der Waals surface area contributed by atoms with Crippen LogP contribution in [0.1, 0.15) is 32.3 Å². The summed E-state index contributed by atoms with van der Waals surface area (Å²) in [5.74, 6) is 0.539. The van der Waals surface area contributed by atoms with Gasteiger partial charge in [-0.3, -0.25) is 4.79 Å². The topological polar surface area (TPSA) is 50.7 Å². The minimum Gasteiger partial charge on any atom is -0.395 e. The molecule has 0 spiro atoms. The fourth-order valence-electron chi connectivity index (χ4n) is 2.34. The van der Waals surface area contributed by atoms with Crippen LogP contribution in [-0.2, 0) is 16.1 Å². The standard InChI is InChI=1S/C16H22N2O2/c1-12(2)10-15(14-8-9-20-18-14)17-16(19)11-13-6-4-3-5-7-13/h3-7,12,15H,8-11H2,1-2H3,(H,17,19)/t15-/m0/s1. The lowest BCUT2D eigenvalue weighted by atomic mass is 9.98. The molecule has 0 fully saturated rings. The van der Waals surface area contributed by atoms with E-state index in [2.05, 4.69) is 24.3 Å². The zero-order valence-electron chi connectivity index (χ0n) is 12.1. The van der Waals surface area contributed by atoms with Crippen molar-refractivity contribution in [3.8, 4) is 0 Å². The maximum Gasteiger partial charge on any atom is 0.224 e. The van der Waals surface area contributed by atoms with E-state index in [-0.39, 0.29) is 11.9 Å². The number of carbonyl (C=O) groups is 1. The Hall–Kier alpha value is -1.84. The van der Waals surface area contributed by atoms with Crippen molar-refractivity contribution in [1.29, 1.82) is 0 Å². The molecule has 1 aromatic carbocycles. The summed E-state index contributed by atoms with van der Waals surface area (Å²) in [6.45, 7) is 4.91. The Morgan fingerprint density at radius 1 is 1.35 bits per heavy atom. The van der Waals surface area contributed by atoms with Crippen molar-refractivity contribution in [2.75, 3.05) is 6.61 Å². The van der Waals surface area contributed by atoms with Crippen molar-refractivity contribution in [2.45, 2.75) is 39.2 Å². The molecule has 1 atom stereocenters. The number of oxime groups is 1. The number of benzene rings is 1. The number of nitrogens with one attached hydrogen (secondary N) is 1. The summed E-state index contributed by atoms with van der Waals surface area (Å²) < 4.78 is 0. The van der Waals surface area contributed by atoms with Crippen molar-refractivity contribution >= 4 is 11.6 Å². The molecule has 1 heterocycles. The zero-order chi connectivity index (χ0) is 14.4. The van der Waals surface area contributed by atoms with Gasteiger partial charge in [0, 0.05) is 6.42 Å². The smallest absolute Gasteiger partial charge is 0.224 e. The van der Waals surface area contributed by atoms with Crippen molar-refractivity contribution in [3.05, 3.63) is 35.9 Å². The van der Waals surface area contributed by atoms with Gasteiger partial charge in [-0.15, -0.1) is 0 Å². The van der Waals surface area contributed by atoms with E-state index in [0.717, 1.165) is 24.1 Å². The fourth-order valence-corrected chi connectivity index (χ4v) is 2.34. The van der Waals surface area contributed by atoms with Gasteiger partial charge in [-0.1, -0.05) is 49.3 Å².